The lowest BCUT2D eigenvalue weighted by Gasteiger charge is -2.46. The molecule has 2 amide bonds. The second-order valence-electron chi connectivity index (χ2n) is 9.29. The highest BCUT2D eigenvalue weighted by Crippen LogP contribution is 2.40. The number of ether oxygens (including phenoxy) is 2. The van der Waals surface area contributed by atoms with Gasteiger partial charge in [-0.2, -0.15) is 0 Å². The van der Waals surface area contributed by atoms with Gasteiger partial charge < -0.3 is 19.3 Å². The molecule has 6 nitrogen and oxygen atoms in total. The molecule has 0 spiro atoms. The van der Waals surface area contributed by atoms with E-state index in [-0.39, 0.29) is 17.9 Å². The average Bonchev–Trinajstić information content (AvgIpc) is 2.83. The molecule has 33 heavy (non-hydrogen) atoms. The molecule has 6 heteroatoms. The van der Waals surface area contributed by atoms with E-state index < -0.39 is 5.41 Å². The first-order valence-corrected chi connectivity index (χ1v) is 11.7. The Morgan fingerprint density at radius 2 is 1.70 bits per heavy atom. The lowest BCUT2D eigenvalue weighted by Crippen LogP contribution is -2.57. The summed E-state index contributed by atoms with van der Waals surface area (Å²) in [5, 5.41) is 0. The van der Waals surface area contributed by atoms with E-state index >= 15 is 0 Å². The summed E-state index contributed by atoms with van der Waals surface area (Å²) in [6, 6.07) is 14.0. The van der Waals surface area contributed by atoms with E-state index in [2.05, 4.69) is 32.0 Å². The number of amides is 2. The predicted octanol–water partition coefficient (Wildman–Crippen LogP) is 3.79. The summed E-state index contributed by atoms with van der Waals surface area (Å²) in [6.07, 6.45) is 1.34. The number of benzene rings is 2. The number of aryl methyl sites for hydroxylation is 2. The summed E-state index contributed by atoms with van der Waals surface area (Å²) in [7, 11) is 1.64. The van der Waals surface area contributed by atoms with Crippen LogP contribution in [0, 0.1) is 13.8 Å². The summed E-state index contributed by atoms with van der Waals surface area (Å²) in [5.41, 5.74) is 3.74. The van der Waals surface area contributed by atoms with Crippen LogP contribution in [0.15, 0.2) is 42.5 Å². The molecule has 2 heterocycles. The molecule has 0 unspecified atom stereocenters. The third-order valence-electron chi connectivity index (χ3n) is 7.10. The number of nitrogens with zero attached hydrogens (tertiary/aromatic N) is 2. The molecule has 2 aromatic rings. The van der Waals surface area contributed by atoms with Crippen molar-refractivity contribution in [1.29, 1.82) is 0 Å². The van der Waals surface area contributed by atoms with Gasteiger partial charge in [-0.25, -0.2) is 0 Å². The number of piperazine rings is 1. The molecule has 2 saturated heterocycles. The molecule has 2 fully saturated rings. The largest absolute Gasteiger partial charge is 0.496 e. The van der Waals surface area contributed by atoms with Gasteiger partial charge in [-0.05, 0) is 38.3 Å². The fraction of sp³-hybridized carbons (Fsp3) is 0.481. The van der Waals surface area contributed by atoms with Crippen molar-refractivity contribution in [3.8, 4) is 5.75 Å². The van der Waals surface area contributed by atoms with E-state index in [1.54, 1.807) is 14.0 Å². The first-order chi connectivity index (χ1) is 15.9. The second-order valence-corrected chi connectivity index (χ2v) is 9.29. The highest BCUT2D eigenvalue weighted by Gasteiger charge is 2.46. The molecule has 0 aliphatic carbocycles. The number of rotatable bonds is 4. The molecule has 0 bridgehead atoms. The molecule has 4 rings (SSSR count). The van der Waals surface area contributed by atoms with Crippen LogP contribution >= 0.6 is 0 Å². The lowest BCUT2D eigenvalue weighted by atomic mass is 9.72. The fourth-order valence-corrected chi connectivity index (χ4v) is 5.45. The smallest absolute Gasteiger partial charge is 0.233 e. The Labute approximate surface area is 196 Å². The Bertz CT molecular complexity index is 1010. The average molecular weight is 451 g/mol. The number of hydrogen-bond acceptors (Lipinski definition) is 4. The Morgan fingerprint density at radius 1 is 1.03 bits per heavy atom. The van der Waals surface area contributed by atoms with E-state index in [1.807, 2.05) is 34.1 Å². The van der Waals surface area contributed by atoms with E-state index in [9.17, 15) is 9.59 Å². The SMILES string of the molecule is COc1ccccc1[C@H]1CN(C(=O)C2(c3cc(C)cc(C)c3)CCOCC2)CCN1C(C)=O. The second kappa shape index (κ2) is 9.56. The van der Waals surface area contributed by atoms with Crippen LogP contribution in [0.5, 0.6) is 5.75 Å². The van der Waals surface area contributed by atoms with Crippen molar-refractivity contribution in [2.24, 2.45) is 0 Å². The molecule has 0 radical (unpaired) electrons. The summed E-state index contributed by atoms with van der Waals surface area (Å²) in [5.74, 6) is 0.880. The first-order valence-electron chi connectivity index (χ1n) is 11.7. The molecular weight excluding hydrogens is 416 g/mol. The van der Waals surface area contributed by atoms with E-state index in [1.165, 1.54) is 0 Å². The number of para-hydroxylation sites is 1. The van der Waals surface area contributed by atoms with Gasteiger partial charge in [-0.15, -0.1) is 0 Å². The summed E-state index contributed by atoms with van der Waals surface area (Å²) in [4.78, 5) is 30.5. The lowest BCUT2D eigenvalue weighted by molar-refractivity contribution is -0.148. The summed E-state index contributed by atoms with van der Waals surface area (Å²) >= 11 is 0. The molecule has 0 N–H and O–H groups in total. The highest BCUT2D eigenvalue weighted by atomic mass is 16.5. The minimum atomic E-state index is -0.598. The normalized spacial score (nSPS) is 20.4. The van der Waals surface area contributed by atoms with Crippen LogP contribution in [0.25, 0.3) is 0 Å². The maximum atomic E-state index is 14.2. The molecule has 2 aliphatic rings. The zero-order valence-corrected chi connectivity index (χ0v) is 20.1. The number of methoxy groups -OCH3 is 1. The van der Waals surface area contributed by atoms with Crippen LogP contribution < -0.4 is 4.74 Å². The standard InChI is InChI=1S/C27H34N2O4/c1-19-15-20(2)17-22(16-19)27(9-13-33-14-10-27)26(31)28-11-12-29(21(3)30)24(18-28)23-7-5-6-8-25(23)32-4/h5-8,15-17,24H,9-14,18H2,1-4H3/t24-/m1/s1. The van der Waals surface area contributed by atoms with Gasteiger partial charge in [0.05, 0.1) is 18.6 Å². The van der Waals surface area contributed by atoms with Gasteiger partial charge in [-0.3, -0.25) is 9.59 Å². The van der Waals surface area contributed by atoms with Crippen molar-refractivity contribution in [3.63, 3.8) is 0 Å². The topological polar surface area (TPSA) is 59.1 Å². The van der Waals surface area contributed by atoms with Gasteiger partial charge in [0.15, 0.2) is 0 Å². The Kier molecular flexibility index (Phi) is 6.75. The van der Waals surface area contributed by atoms with Gasteiger partial charge in [0.1, 0.15) is 5.75 Å². The molecular formula is C27H34N2O4. The minimum absolute atomic E-state index is 0.00749. The maximum absolute atomic E-state index is 14.2. The highest BCUT2D eigenvalue weighted by molar-refractivity contribution is 5.89. The van der Waals surface area contributed by atoms with Crippen molar-refractivity contribution >= 4 is 11.8 Å². The monoisotopic (exact) mass is 450 g/mol. The zero-order valence-electron chi connectivity index (χ0n) is 20.1. The Balaban J connectivity index is 1.71. The summed E-state index contributed by atoms with van der Waals surface area (Å²) in [6.45, 7) is 8.38. The number of hydrogen-bond donors (Lipinski definition) is 0. The van der Waals surface area contributed by atoms with Gasteiger partial charge >= 0.3 is 0 Å². The molecule has 0 aromatic heterocycles. The molecule has 2 aromatic carbocycles. The van der Waals surface area contributed by atoms with E-state index in [0.29, 0.717) is 45.7 Å². The van der Waals surface area contributed by atoms with Crippen LogP contribution in [-0.2, 0) is 19.7 Å². The van der Waals surface area contributed by atoms with E-state index in [0.717, 1.165) is 28.0 Å². The Morgan fingerprint density at radius 3 is 2.33 bits per heavy atom. The van der Waals surface area contributed by atoms with Crippen LogP contribution in [0.4, 0.5) is 0 Å². The maximum Gasteiger partial charge on any atom is 0.233 e. The van der Waals surface area contributed by atoms with Crippen LogP contribution in [0.1, 0.15) is 48.1 Å². The van der Waals surface area contributed by atoms with Crippen LogP contribution in [0.2, 0.25) is 0 Å². The van der Waals surface area contributed by atoms with Gasteiger partial charge in [0.25, 0.3) is 0 Å². The fourth-order valence-electron chi connectivity index (χ4n) is 5.45. The number of carbonyl (C=O) groups excluding carboxylic acids is 2. The van der Waals surface area contributed by atoms with Gasteiger partial charge in [0, 0.05) is 45.3 Å². The van der Waals surface area contributed by atoms with Crippen molar-refractivity contribution in [1.82, 2.24) is 9.80 Å². The minimum Gasteiger partial charge on any atom is -0.496 e. The summed E-state index contributed by atoms with van der Waals surface area (Å²) < 4.78 is 11.3. The van der Waals surface area contributed by atoms with Gasteiger partial charge in [0.2, 0.25) is 11.8 Å². The third-order valence-corrected chi connectivity index (χ3v) is 7.10. The molecule has 176 valence electrons. The van der Waals surface area contributed by atoms with Crippen molar-refractivity contribution in [2.45, 2.75) is 45.1 Å². The third kappa shape index (κ3) is 4.49. The molecule has 0 saturated carbocycles. The van der Waals surface area contributed by atoms with Crippen molar-refractivity contribution in [3.05, 3.63) is 64.7 Å². The van der Waals surface area contributed by atoms with Crippen molar-refractivity contribution in [2.75, 3.05) is 40.0 Å². The number of carbonyl (C=O) groups is 2. The predicted molar refractivity (Wildman–Crippen MR) is 127 cm³/mol. The molecule has 1 atom stereocenters. The Hall–Kier alpha value is -2.86. The molecule has 2 aliphatic heterocycles. The van der Waals surface area contributed by atoms with Crippen LogP contribution in [0.3, 0.4) is 0 Å². The van der Waals surface area contributed by atoms with Crippen LogP contribution in [-0.4, -0.2) is 61.6 Å². The first kappa shape index (κ1) is 23.3. The van der Waals surface area contributed by atoms with E-state index in [4.69, 9.17) is 9.47 Å². The quantitative estimate of drug-likeness (QED) is 0.711. The van der Waals surface area contributed by atoms with Gasteiger partial charge in [-0.1, -0.05) is 47.5 Å². The van der Waals surface area contributed by atoms with Crippen molar-refractivity contribution < 1.29 is 19.1 Å². The zero-order chi connectivity index (χ0) is 23.6.